The number of hydrogen-bond acceptors (Lipinski definition) is 7. The first-order chi connectivity index (χ1) is 17.0. The Labute approximate surface area is 203 Å². The average Bonchev–Trinajstić information content (AvgIpc) is 2.78. The predicted octanol–water partition coefficient (Wildman–Crippen LogP) is 0.559. The molecule has 1 aromatic rings. The van der Waals surface area contributed by atoms with Gasteiger partial charge in [0.2, 0.25) is 24.6 Å². The Morgan fingerprint density at radius 3 is 1.64 bits per heavy atom. The number of carbonyl (C=O) groups is 5. The van der Waals surface area contributed by atoms with Gasteiger partial charge in [-0.05, 0) is 35.4 Å². The number of rotatable bonds is 10. The van der Waals surface area contributed by atoms with E-state index in [1.54, 1.807) is 0 Å². The lowest BCUT2D eigenvalue weighted by Gasteiger charge is -2.25. The molecule has 5 N–H and O–H groups in total. The predicted molar refractivity (Wildman–Crippen MR) is 124 cm³/mol. The largest absolute Gasteiger partial charge is 0.506 e. The Morgan fingerprint density at radius 1 is 0.722 bits per heavy atom. The minimum atomic E-state index is -1.21. The molecule has 0 saturated heterocycles. The fourth-order valence-electron chi connectivity index (χ4n) is 3.75. The SMILES string of the molecule is O=C(O)CN(CC(=O)O)c1ccc(C2=C(O)C(=C3C=CC(=[N+](CC(=O)O)CC(=O)O)C=C3)C2=O)cc1. The van der Waals surface area contributed by atoms with E-state index in [0.29, 0.717) is 22.5 Å². The van der Waals surface area contributed by atoms with Crippen LogP contribution in [0.2, 0.25) is 0 Å². The van der Waals surface area contributed by atoms with Gasteiger partial charge < -0.3 is 30.4 Å². The van der Waals surface area contributed by atoms with Crippen molar-refractivity contribution in [2.45, 2.75) is 0 Å². The van der Waals surface area contributed by atoms with E-state index in [-0.39, 0.29) is 16.9 Å². The van der Waals surface area contributed by atoms with Crippen LogP contribution in [0.4, 0.5) is 5.69 Å². The van der Waals surface area contributed by atoms with Crippen LogP contribution < -0.4 is 4.90 Å². The molecule has 0 heterocycles. The molecule has 0 saturated carbocycles. The maximum atomic E-state index is 12.8. The Kier molecular flexibility index (Phi) is 7.48. The van der Waals surface area contributed by atoms with Gasteiger partial charge >= 0.3 is 23.9 Å². The number of anilines is 1. The summed E-state index contributed by atoms with van der Waals surface area (Å²) in [5.41, 5.74) is 1.37. The molecule has 0 aromatic heterocycles. The summed E-state index contributed by atoms with van der Waals surface area (Å²) in [5, 5.41) is 46.6. The molecule has 0 aliphatic heterocycles. The van der Waals surface area contributed by atoms with Gasteiger partial charge in [-0.2, -0.15) is 0 Å². The van der Waals surface area contributed by atoms with Gasteiger partial charge in [0.1, 0.15) is 18.8 Å². The second kappa shape index (κ2) is 10.5. The van der Waals surface area contributed by atoms with E-state index in [0.717, 1.165) is 9.48 Å². The third-order valence-electron chi connectivity index (χ3n) is 5.27. The molecular formula is C24H21N2O10+. The molecule has 36 heavy (non-hydrogen) atoms. The number of aliphatic carboxylic acids is 4. The third-order valence-corrected chi connectivity index (χ3v) is 5.27. The lowest BCUT2D eigenvalue weighted by Crippen LogP contribution is -2.34. The number of aliphatic hydroxyl groups is 1. The van der Waals surface area contributed by atoms with Crippen molar-refractivity contribution in [1.29, 1.82) is 0 Å². The number of Topliss-reactive ketones (excluding diaryl/α,β-unsaturated/α-hetero) is 1. The van der Waals surface area contributed by atoms with Crippen LogP contribution in [0.15, 0.2) is 65.5 Å². The molecule has 12 heteroatoms. The highest BCUT2D eigenvalue weighted by Gasteiger charge is 2.36. The van der Waals surface area contributed by atoms with E-state index in [1.165, 1.54) is 48.6 Å². The van der Waals surface area contributed by atoms with Crippen molar-refractivity contribution in [2.75, 3.05) is 31.1 Å². The van der Waals surface area contributed by atoms with Crippen molar-refractivity contribution < 1.29 is 54.1 Å². The molecule has 0 unspecified atom stereocenters. The van der Waals surface area contributed by atoms with E-state index in [1.807, 2.05) is 0 Å². The fraction of sp³-hybridized carbons (Fsp3) is 0.167. The summed E-state index contributed by atoms with van der Waals surface area (Å²) >= 11 is 0. The van der Waals surface area contributed by atoms with E-state index < -0.39 is 55.8 Å². The maximum absolute atomic E-state index is 12.8. The number of nitrogens with zero attached hydrogens (tertiary/aromatic N) is 2. The second-order valence-corrected chi connectivity index (χ2v) is 7.81. The van der Waals surface area contributed by atoms with Gasteiger partial charge in [-0.3, -0.25) is 14.4 Å². The first-order valence-electron chi connectivity index (χ1n) is 10.4. The molecule has 2 aliphatic carbocycles. The highest BCUT2D eigenvalue weighted by atomic mass is 16.4. The lowest BCUT2D eigenvalue weighted by atomic mass is 9.80. The highest BCUT2D eigenvalue weighted by molar-refractivity contribution is 6.39. The van der Waals surface area contributed by atoms with E-state index in [4.69, 9.17) is 20.4 Å². The number of benzene rings is 1. The molecular weight excluding hydrogens is 476 g/mol. The molecule has 0 atom stereocenters. The molecule has 3 rings (SSSR count). The topological polar surface area (TPSA) is 193 Å². The lowest BCUT2D eigenvalue weighted by molar-refractivity contribution is -0.507. The molecule has 12 nitrogen and oxygen atoms in total. The number of hydrogen-bond donors (Lipinski definition) is 5. The second-order valence-electron chi connectivity index (χ2n) is 7.81. The van der Waals surface area contributed by atoms with Crippen LogP contribution in [-0.2, 0) is 24.0 Å². The molecule has 0 radical (unpaired) electrons. The number of aliphatic hydroxyl groups excluding tert-OH is 1. The number of carboxylic acids is 4. The monoisotopic (exact) mass is 497 g/mol. The van der Waals surface area contributed by atoms with Gasteiger partial charge in [-0.25, -0.2) is 14.2 Å². The van der Waals surface area contributed by atoms with Crippen molar-refractivity contribution in [2.24, 2.45) is 0 Å². The normalized spacial score (nSPS) is 14.6. The summed E-state index contributed by atoms with van der Waals surface area (Å²) in [4.78, 5) is 58.0. The minimum Gasteiger partial charge on any atom is -0.506 e. The molecule has 0 spiro atoms. The number of carboxylic acid groups (broad SMARTS) is 4. The van der Waals surface area contributed by atoms with Crippen LogP contribution >= 0.6 is 0 Å². The first-order valence-corrected chi connectivity index (χ1v) is 10.4. The smallest absolute Gasteiger partial charge is 0.369 e. The molecule has 2 aliphatic rings. The average molecular weight is 497 g/mol. The standard InChI is InChI=1S/C24H20N2O10/c27-17(28)9-25(10-18(29)30)15-5-1-13(2-6-15)21-23(35)22(24(21)36)14-3-7-16(8-4-14)26(11-19(31)32)12-20(33)34/h1-8H,9-12H2,(H4-,27,28,29,30,31,32,33,34,35,36)/p+1. The van der Waals surface area contributed by atoms with Gasteiger partial charge in [0.05, 0.1) is 11.1 Å². The van der Waals surface area contributed by atoms with Crippen LogP contribution in [-0.4, -0.2) is 91.7 Å². The number of ketones is 1. The minimum absolute atomic E-state index is 0.0297. The summed E-state index contributed by atoms with van der Waals surface area (Å²) in [6.07, 6.45) is 5.82. The molecule has 1 aromatic carbocycles. The highest BCUT2D eigenvalue weighted by Crippen LogP contribution is 2.39. The molecule has 0 bridgehead atoms. The Morgan fingerprint density at radius 2 is 1.22 bits per heavy atom. The zero-order valence-electron chi connectivity index (χ0n) is 18.6. The van der Waals surface area contributed by atoms with Crippen LogP contribution in [0.25, 0.3) is 5.57 Å². The Bertz CT molecular complexity index is 1260. The van der Waals surface area contributed by atoms with Gasteiger partial charge in [0.15, 0.2) is 0 Å². The van der Waals surface area contributed by atoms with Crippen molar-refractivity contribution in [3.63, 3.8) is 0 Å². The Hall–Kier alpha value is -5.00. The quantitative estimate of drug-likeness (QED) is 0.224. The van der Waals surface area contributed by atoms with Crippen molar-refractivity contribution >= 4 is 46.6 Å². The van der Waals surface area contributed by atoms with Crippen molar-refractivity contribution in [1.82, 2.24) is 0 Å². The third kappa shape index (κ3) is 5.73. The van der Waals surface area contributed by atoms with Crippen molar-refractivity contribution in [3.05, 3.63) is 71.0 Å². The van der Waals surface area contributed by atoms with Crippen LogP contribution in [0.1, 0.15) is 5.56 Å². The summed E-state index contributed by atoms with van der Waals surface area (Å²) in [5.74, 6) is -5.60. The fourth-order valence-corrected chi connectivity index (χ4v) is 3.75. The summed E-state index contributed by atoms with van der Waals surface area (Å²) < 4.78 is 1.13. The van der Waals surface area contributed by atoms with E-state index in [2.05, 4.69) is 0 Å². The van der Waals surface area contributed by atoms with Gasteiger partial charge in [-0.15, -0.1) is 0 Å². The molecule has 0 fully saturated rings. The van der Waals surface area contributed by atoms with E-state index in [9.17, 15) is 29.1 Å². The van der Waals surface area contributed by atoms with Crippen LogP contribution in [0.3, 0.4) is 0 Å². The van der Waals surface area contributed by atoms with Crippen LogP contribution in [0.5, 0.6) is 0 Å². The zero-order valence-corrected chi connectivity index (χ0v) is 18.6. The van der Waals surface area contributed by atoms with Gasteiger partial charge in [0.25, 0.3) is 0 Å². The van der Waals surface area contributed by atoms with Gasteiger partial charge in [0, 0.05) is 17.8 Å². The molecule has 186 valence electrons. The summed E-state index contributed by atoms with van der Waals surface area (Å²) in [6, 6.07) is 5.82. The number of carbonyl (C=O) groups excluding carboxylic acids is 1. The molecule has 0 amide bonds. The van der Waals surface area contributed by atoms with Gasteiger partial charge in [-0.1, -0.05) is 12.1 Å². The summed E-state index contributed by atoms with van der Waals surface area (Å²) in [7, 11) is 0. The number of allylic oxidation sites excluding steroid dienone is 7. The summed E-state index contributed by atoms with van der Waals surface area (Å²) in [6.45, 7) is -2.16. The zero-order chi connectivity index (χ0) is 26.6. The first kappa shape index (κ1) is 25.6. The van der Waals surface area contributed by atoms with Crippen molar-refractivity contribution in [3.8, 4) is 0 Å². The maximum Gasteiger partial charge on any atom is 0.369 e. The van der Waals surface area contributed by atoms with E-state index >= 15 is 0 Å². The Balaban J connectivity index is 1.87. The van der Waals surface area contributed by atoms with Crippen LogP contribution in [0, 0.1) is 0 Å².